The van der Waals surface area contributed by atoms with Gasteiger partial charge in [-0.1, -0.05) is 25.1 Å². The van der Waals surface area contributed by atoms with Crippen molar-refractivity contribution in [1.82, 2.24) is 5.32 Å². The summed E-state index contributed by atoms with van der Waals surface area (Å²) in [6, 6.07) is 8.26. The molecule has 1 unspecified atom stereocenters. The minimum Gasteiger partial charge on any atom is -0.491 e. The third-order valence-electron chi connectivity index (χ3n) is 2.59. The molecule has 0 saturated carbocycles. The first-order valence-electron chi connectivity index (χ1n) is 6.57. The molecule has 0 bridgehead atoms. The highest BCUT2D eigenvalue weighted by molar-refractivity contribution is 7.98. The largest absolute Gasteiger partial charge is 0.491 e. The van der Waals surface area contributed by atoms with Gasteiger partial charge in [0.15, 0.2) is 0 Å². The topological polar surface area (TPSA) is 21.3 Å². The highest BCUT2D eigenvalue weighted by Gasteiger charge is 2.05. The summed E-state index contributed by atoms with van der Waals surface area (Å²) >= 11 is 1.90. The molecule has 0 aliphatic heterocycles. The highest BCUT2D eigenvalue weighted by Crippen LogP contribution is 2.19. The second-order valence-corrected chi connectivity index (χ2v) is 5.88. The summed E-state index contributed by atoms with van der Waals surface area (Å²) < 4.78 is 5.81. The molecule has 102 valence electrons. The number of ether oxygens (including phenoxy) is 1. The van der Waals surface area contributed by atoms with Crippen molar-refractivity contribution >= 4 is 11.8 Å². The van der Waals surface area contributed by atoms with E-state index < -0.39 is 0 Å². The zero-order valence-corrected chi connectivity index (χ0v) is 12.7. The van der Waals surface area contributed by atoms with Crippen LogP contribution in [0.4, 0.5) is 0 Å². The van der Waals surface area contributed by atoms with Crippen molar-refractivity contribution in [2.75, 3.05) is 18.6 Å². The van der Waals surface area contributed by atoms with Crippen molar-refractivity contribution in [2.24, 2.45) is 5.92 Å². The van der Waals surface area contributed by atoms with Gasteiger partial charge in [-0.2, -0.15) is 11.8 Å². The molecule has 1 aromatic carbocycles. The predicted molar refractivity (Wildman–Crippen MR) is 81.5 cm³/mol. The molecular weight excluding hydrogens is 242 g/mol. The Morgan fingerprint density at radius 2 is 1.94 bits per heavy atom. The second-order valence-electron chi connectivity index (χ2n) is 4.97. The molecule has 2 nitrogen and oxygen atoms in total. The van der Waals surface area contributed by atoms with E-state index in [4.69, 9.17) is 4.74 Å². The maximum atomic E-state index is 5.81. The molecule has 1 rings (SSSR count). The van der Waals surface area contributed by atoms with Gasteiger partial charge >= 0.3 is 0 Å². The van der Waals surface area contributed by atoms with E-state index in [0.29, 0.717) is 5.92 Å². The van der Waals surface area contributed by atoms with Crippen LogP contribution in [0, 0.1) is 5.92 Å². The summed E-state index contributed by atoms with van der Waals surface area (Å²) in [5, 5.41) is 3.51. The summed E-state index contributed by atoms with van der Waals surface area (Å²) in [6.45, 7) is 8.33. The van der Waals surface area contributed by atoms with E-state index in [-0.39, 0.29) is 6.10 Å². The van der Waals surface area contributed by atoms with Crippen molar-refractivity contribution in [3.8, 4) is 5.75 Å². The van der Waals surface area contributed by atoms with Crippen LogP contribution in [0.25, 0.3) is 0 Å². The molecule has 1 N–H and O–H groups in total. The maximum absolute atomic E-state index is 5.81. The number of benzene rings is 1. The van der Waals surface area contributed by atoms with E-state index in [2.05, 4.69) is 44.5 Å². The fourth-order valence-electron chi connectivity index (χ4n) is 1.82. The zero-order valence-electron chi connectivity index (χ0n) is 11.9. The van der Waals surface area contributed by atoms with Crippen molar-refractivity contribution in [3.63, 3.8) is 0 Å². The van der Waals surface area contributed by atoms with Crippen LogP contribution >= 0.6 is 11.8 Å². The monoisotopic (exact) mass is 267 g/mol. The lowest BCUT2D eigenvalue weighted by Gasteiger charge is -2.16. The smallest absolute Gasteiger partial charge is 0.124 e. The number of nitrogens with one attached hydrogen (secondary N) is 1. The Hall–Kier alpha value is -0.670. The fourth-order valence-corrected chi connectivity index (χ4v) is 2.50. The quantitative estimate of drug-likeness (QED) is 0.778. The minimum atomic E-state index is 0.224. The molecule has 0 aromatic heterocycles. The van der Waals surface area contributed by atoms with Crippen LogP contribution in [0.3, 0.4) is 0 Å². The van der Waals surface area contributed by atoms with Crippen LogP contribution in [0.1, 0.15) is 26.3 Å². The molecule has 1 atom stereocenters. The predicted octanol–water partition coefficient (Wildman–Crippen LogP) is 3.56. The SMILES string of the molecule is CSCC(C)CNCc1ccccc1OC(C)C. The van der Waals surface area contributed by atoms with Gasteiger partial charge in [0.2, 0.25) is 0 Å². The van der Waals surface area contributed by atoms with Crippen LogP contribution in [-0.4, -0.2) is 24.7 Å². The Balaban J connectivity index is 2.46. The van der Waals surface area contributed by atoms with Crippen molar-refractivity contribution in [3.05, 3.63) is 29.8 Å². The minimum absolute atomic E-state index is 0.224. The Labute approximate surface area is 116 Å². The average molecular weight is 267 g/mol. The van der Waals surface area contributed by atoms with Gasteiger partial charge in [0.05, 0.1) is 6.10 Å². The average Bonchev–Trinajstić information content (AvgIpc) is 2.31. The first kappa shape index (κ1) is 15.4. The Morgan fingerprint density at radius 3 is 2.61 bits per heavy atom. The summed E-state index contributed by atoms with van der Waals surface area (Å²) in [5.74, 6) is 2.91. The molecule has 0 spiro atoms. The van der Waals surface area contributed by atoms with Crippen LogP contribution in [0.2, 0.25) is 0 Å². The summed E-state index contributed by atoms with van der Waals surface area (Å²) in [7, 11) is 0. The molecule has 0 amide bonds. The van der Waals surface area contributed by atoms with Crippen molar-refractivity contribution in [1.29, 1.82) is 0 Å². The van der Waals surface area contributed by atoms with Gasteiger partial charge in [-0.15, -0.1) is 0 Å². The number of para-hydroxylation sites is 1. The van der Waals surface area contributed by atoms with Gasteiger partial charge in [0.25, 0.3) is 0 Å². The van der Waals surface area contributed by atoms with E-state index in [0.717, 1.165) is 18.8 Å². The normalized spacial score (nSPS) is 12.7. The highest BCUT2D eigenvalue weighted by atomic mass is 32.2. The zero-order chi connectivity index (χ0) is 13.4. The van der Waals surface area contributed by atoms with Gasteiger partial charge in [-0.05, 0) is 44.4 Å². The van der Waals surface area contributed by atoms with Crippen molar-refractivity contribution < 1.29 is 4.74 Å². The van der Waals surface area contributed by atoms with E-state index in [9.17, 15) is 0 Å². The fraction of sp³-hybridized carbons (Fsp3) is 0.600. The Kier molecular flexibility index (Phi) is 7.21. The molecule has 18 heavy (non-hydrogen) atoms. The van der Waals surface area contributed by atoms with Gasteiger partial charge in [-0.25, -0.2) is 0 Å². The molecule has 1 aromatic rings. The summed E-state index contributed by atoms with van der Waals surface area (Å²) in [6.07, 6.45) is 2.38. The standard InChI is InChI=1S/C15H25NOS/c1-12(2)17-15-8-6-5-7-14(15)10-16-9-13(3)11-18-4/h5-8,12-13,16H,9-11H2,1-4H3. The van der Waals surface area contributed by atoms with Gasteiger partial charge in [-0.3, -0.25) is 0 Å². The molecule has 0 aliphatic rings. The molecular formula is C15H25NOS. The number of hydrogen-bond donors (Lipinski definition) is 1. The van der Waals surface area contributed by atoms with E-state index in [1.54, 1.807) is 0 Å². The maximum Gasteiger partial charge on any atom is 0.124 e. The van der Waals surface area contributed by atoms with Crippen LogP contribution < -0.4 is 10.1 Å². The van der Waals surface area contributed by atoms with E-state index in [1.165, 1.54) is 11.3 Å². The number of thioether (sulfide) groups is 1. The molecule has 0 radical (unpaired) electrons. The Bertz CT molecular complexity index is 341. The van der Waals surface area contributed by atoms with Gasteiger partial charge < -0.3 is 10.1 Å². The van der Waals surface area contributed by atoms with Crippen LogP contribution in [-0.2, 0) is 6.54 Å². The molecule has 3 heteroatoms. The van der Waals surface area contributed by atoms with Gasteiger partial charge in [0.1, 0.15) is 5.75 Å². The van der Waals surface area contributed by atoms with E-state index >= 15 is 0 Å². The van der Waals surface area contributed by atoms with Crippen molar-refractivity contribution in [2.45, 2.75) is 33.4 Å². The lowest BCUT2D eigenvalue weighted by molar-refractivity contribution is 0.239. The molecule has 0 fully saturated rings. The first-order valence-corrected chi connectivity index (χ1v) is 7.97. The molecule has 0 aliphatic carbocycles. The number of hydrogen-bond acceptors (Lipinski definition) is 3. The molecule has 0 saturated heterocycles. The Morgan fingerprint density at radius 1 is 1.22 bits per heavy atom. The lowest BCUT2D eigenvalue weighted by Crippen LogP contribution is -2.22. The van der Waals surface area contributed by atoms with Crippen LogP contribution in [0.5, 0.6) is 5.75 Å². The number of rotatable bonds is 8. The van der Waals surface area contributed by atoms with Gasteiger partial charge in [0, 0.05) is 12.1 Å². The summed E-state index contributed by atoms with van der Waals surface area (Å²) in [4.78, 5) is 0. The van der Waals surface area contributed by atoms with E-state index in [1.807, 2.05) is 23.9 Å². The lowest BCUT2D eigenvalue weighted by atomic mass is 10.1. The third-order valence-corrected chi connectivity index (χ3v) is 3.50. The third kappa shape index (κ3) is 5.78. The van der Waals surface area contributed by atoms with Crippen LogP contribution in [0.15, 0.2) is 24.3 Å². The summed E-state index contributed by atoms with van der Waals surface area (Å²) in [5.41, 5.74) is 1.24. The second kappa shape index (κ2) is 8.44. The first-order chi connectivity index (χ1) is 8.63. The molecule has 0 heterocycles.